The van der Waals surface area contributed by atoms with Gasteiger partial charge in [-0.25, -0.2) is 0 Å². The zero-order valence-electron chi connectivity index (χ0n) is 16.8. The molecular formula is C15H30O10S2. The molecule has 0 spiro atoms. The molecule has 0 N–H and O–H groups in total. The van der Waals surface area contributed by atoms with Gasteiger partial charge in [-0.2, -0.15) is 16.8 Å². The predicted molar refractivity (Wildman–Crippen MR) is 96.0 cm³/mol. The molecule has 1 saturated heterocycles. The molecule has 0 aromatic heterocycles. The maximum atomic E-state index is 11.6. The van der Waals surface area contributed by atoms with Crippen molar-refractivity contribution in [2.75, 3.05) is 32.8 Å². The van der Waals surface area contributed by atoms with Crippen LogP contribution in [0.2, 0.25) is 0 Å². The van der Waals surface area contributed by atoms with E-state index < -0.39 is 50.1 Å². The molecule has 0 aromatic rings. The molecule has 0 bridgehead atoms. The zero-order chi connectivity index (χ0) is 21.1. The summed E-state index contributed by atoms with van der Waals surface area (Å²) in [6, 6.07) is 0. The average Bonchev–Trinajstić information content (AvgIpc) is 2.74. The van der Waals surface area contributed by atoms with Crippen molar-refractivity contribution in [3.05, 3.63) is 0 Å². The number of rotatable bonds is 11. The molecule has 3 atom stereocenters. The first-order chi connectivity index (χ1) is 12.0. The number of ether oxygens (including phenoxy) is 4. The molecule has 0 aliphatic carbocycles. The van der Waals surface area contributed by atoms with Crippen molar-refractivity contribution in [1.82, 2.24) is 0 Å². The van der Waals surface area contributed by atoms with Crippen LogP contribution in [-0.2, 0) is 47.5 Å². The van der Waals surface area contributed by atoms with Crippen molar-refractivity contribution in [2.24, 2.45) is 0 Å². The van der Waals surface area contributed by atoms with Gasteiger partial charge in [0.1, 0.15) is 12.2 Å². The molecule has 0 amide bonds. The molecule has 0 radical (unpaired) electrons. The molecule has 10 nitrogen and oxygen atoms in total. The van der Waals surface area contributed by atoms with E-state index in [9.17, 15) is 16.8 Å². The Morgan fingerprint density at radius 2 is 1.59 bits per heavy atom. The van der Waals surface area contributed by atoms with E-state index in [2.05, 4.69) is 0 Å². The van der Waals surface area contributed by atoms with Gasteiger partial charge >= 0.3 is 0 Å². The lowest BCUT2D eigenvalue weighted by atomic mass is 10.1. The van der Waals surface area contributed by atoms with Crippen LogP contribution < -0.4 is 0 Å². The Balaban J connectivity index is 2.87. The summed E-state index contributed by atoms with van der Waals surface area (Å²) in [5, 5.41) is 0. The van der Waals surface area contributed by atoms with Gasteiger partial charge in [-0.05, 0) is 27.7 Å². The van der Waals surface area contributed by atoms with E-state index in [1.54, 1.807) is 27.7 Å². The summed E-state index contributed by atoms with van der Waals surface area (Å²) >= 11 is 0. The van der Waals surface area contributed by atoms with Crippen LogP contribution in [0.1, 0.15) is 34.1 Å². The summed E-state index contributed by atoms with van der Waals surface area (Å²) in [5.74, 6) is -1.93. The predicted octanol–water partition coefficient (Wildman–Crippen LogP) is 0.617. The smallest absolute Gasteiger partial charge is 0.264 e. The summed E-state index contributed by atoms with van der Waals surface area (Å²) in [7, 11) is -5.97. The van der Waals surface area contributed by atoms with Gasteiger partial charge in [0.15, 0.2) is 11.6 Å². The molecular weight excluding hydrogens is 404 g/mol. The van der Waals surface area contributed by atoms with Gasteiger partial charge in [0.05, 0.1) is 31.8 Å². The van der Waals surface area contributed by atoms with Gasteiger partial charge in [0, 0.05) is 13.5 Å². The Morgan fingerprint density at radius 1 is 1.04 bits per heavy atom. The highest BCUT2D eigenvalue weighted by molar-refractivity contribution is 7.86. The molecule has 162 valence electrons. The third-order valence-corrected chi connectivity index (χ3v) is 4.83. The van der Waals surface area contributed by atoms with Crippen molar-refractivity contribution in [2.45, 2.75) is 64.0 Å². The monoisotopic (exact) mass is 434 g/mol. The second-order valence-electron chi connectivity index (χ2n) is 7.27. The van der Waals surface area contributed by atoms with E-state index in [-0.39, 0.29) is 19.6 Å². The quantitative estimate of drug-likeness (QED) is 0.337. The van der Waals surface area contributed by atoms with E-state index in [0.29, 0.717) is 0 Å². The SMILES string of the molecule is COC(C)(C)OCC(CC1OC(C)(C)O[C@H]1COS(C)(=O)=O)OS(C)(=O)=O. The van der Waals surface area contributed by atoms with Crippen molar-refractivity contribution < 1.29 is 44.1 Å². The first-order valence-corrected chi connectivity index (χ1v) is 11.9. The van der Waals surface area contributed by atoms with Crippen LogP contribution >= 0.6 is 0 Å². The van der Waals surface area contributed by atoms with E-state index >= 15 is 0 Å². The minimum absolute atomic E-state index is 0.0775. The fourth-order valence-corrected chi connectivity index (χ4v) is 3.44. The largest absolute Gasteiger partial charge is 0.354 e. The Labute approximate surface area is 161 Å². The van der Waals surface area contributed by atoms with E-state index in [1.807, 2.05) is 0 Å². The fourth-order valence-electron chi connectivity index (χ4n) is 2.43. The Kier molecular flexibility index (Phi) is 8.22. The highest BCUT2D eigenvalue weighted by Crippen LogP contribution is 2.32. The van der Waals surface area contributed by atoms with Gasteiger partial charge in [-0.15, -0.1) is 0 Å². The molecule has 1 fully saturated rings. The molecule has 0 aromatic carbocycles. The lowest BCUT2D eigenvalue weighted by Crippen LogP contribution is -2.38. The van der Waals surface area contributed by atoms with Crippen LogP contribution in [0.25, 0.3) is 0 Å². The van der Waals surface area contributed by atoms with Crippen LogP contribution in [0.4, 0.5) is 0 Å². The second kappa shape index (κ2) is 8.99. The normalized spacial score (nSPS) is 24.9. The van der Waals surface area contributed by atoms with E-state index in [4.69, 9.17) is 27.3 Å². The minimum Gasteiger partial charge on any atom is -0.354 e. The minimum atomic E-state index is -3.77. The lowest BCUT2D eigenvalue weighted by molar-refractivity contribution is -0.209. The number of methoxy groups -OCH3 is 1. The molecule has 1 rings (SSSR count). The van der Waals surface area contributed by atoms with Crippen molar-refractivity contribution in [3.63, 3.8) is 0 Å². The summed E-state index contributed by atoms with van der Waals surface area (Å²) in [6.45, 7) is 6.32. The summed E-state index contributed by atoms with van der Waals surface area (Å²) in [4.78, 5) is 0. The van der Waals surface area contributed by atoms with E-state index in [0.717, 1.165) is 12.5 Å². The Morgan fingerprint density at radius 3 is 2.07 bits per heavy atom. The standard InChI is InChI=1S/C15H30O10S2/c1-14(2,20-5)21-9-11(25-27(7,18)19)8-12-13(10-22-26(6,16)17)24-15(3,4)23-12/h11-13H,8-10H2,1-7H3/t11?,12?,13-/m0/s1. The van der Waals surface area contributed by atoms with Crippen molar-refractivity contribution in [1.29, 1.82) is 0 Å². The number of hydrogen-bond acceptors (Lipinski definition) is 10. The van der Waals surface area contributed by atoms with Gasteiger partial charge < -0.3 is 18.9 Å². The highest BCUT2D eigenvalue weighted by Gasteiger charge is 2.43. The van der Waals surface area contributed by atoms with Gasteiger partial charge in [-0.1, -0.05) is 0 Å². The van der Waals surface area contributed by atoms with Crippen LogP contribution in [0.3, 0.4) is 0 Å². The van der Waals surface area contributed by atoms with Gasteiger partial charge in [0.25, 0.3) is 20.2 Å². The molecule has 1 aliphatic heterocycles. The Bertz CT molecular complexity index is 683. The molecule has 1 aliphatic rings. The third kappa shape index (κ3) is 10.1. The molecule has 27 heavy (non-hydrogen) atoms. The van der Waals surface area contributed by atoms with Crippen LogP contribution in [0, 0.1) is 0 Å². The molecule has 2 unspecified atom stereocenters. The van der Waals surface area contributed by atoms with Crippen LogP contribution in [0.5, 0.6) is 0 Å². The van der Waals surface area contributed by atoms with Crippen LogP contribution in [0.15, 0.2) is 0 Å². The molecule has 1 heterocycles. The zero-order valence-corrected chi connectivity index (χ0v) is 18.4. The second-order valence-corrected chi connectivity index (χ2v) is 10.5. The summed E-state index contributed by atoms with van der Waals surface area (Å²) in [6.07, 6.45) is -0.342. The molecule has 12 heteroatoms. The maximum Gasteiger partial charge on any atom is 0.264 e. The summed E-state index contributed by atoms with van der Waals surface area (Å²) < 4.78 is 77.8. The van der Waals surface area contributed by atoms with E-state index in [1.165, 1.54) is 7.11 Å². The first-order valence-electron chi connectivity index (χ1n) is 8.29. The maximum absolute atomic E-state index is 11.6. The average molecular weight is 435 g/mol. The third-order valence-electron chi connectivity index (χ3n) is 3.65. The van der Waals surface area contributed by atoms with Crippen molar-refractivity contribution in [3.8, 4) is 0 Å². The topological polar surface area (TPSA) is 124 Å². The number of hydrogen-bond donors (Lipinski definition) is 0. The van der Waals surface area contributed by atoms with Crippen LogP contribution in [-0.4, -0.2) is 79.6 Å². The lowest BCUT2D eigenvalue weighted by Gasteiger charge is -2.28. The Hall–Kier alpha value is -0.340. The first kappa shape index (κ1) is 24.7. The van der Waals surface area contributed by atoms with Crippen molar-refractivity contribution >= 4 is 20.2 Å². The van der Waals surface area contributed by atoms with Gasteiger partial charge in [-0.3, -0.25) is 8.37 Å². The van der Waals surface area contributed by atoms with Gasteiger partial charge in [0.2, 0.25) is 0 Å². The highest BCUT2D eigenvalue weighted by atomic mass is 32.2. The summed E-state index contributed by atoms with van der Waals surface area (Å²) in [5.41, 5.74) is 0. The fraction of sp³-hybridized carbons (Fsp3) is 1.00. The molecule has 0 saturated carbocycles.